The van der Waals surface area contributed by atoms with Crippen LogP contribution >= 0.6 is 15.9 Å². The molecule has 0 amide bonds. The molecule has 1 N–H and O–H groups in total. The minimum Gasteiger partial charge on any atom is -0.494 e. The fourth-order valence-corrected chi connectivity index (χ4v) is 4.52. The van der Waals surface area contributed by atoms with Gasteiger partial charge in [-0.25, -0.2) is 0 Å². The van der Waals surface area contributed by atoms with Crippen molar-refractivity contribution < 1.29 is 14.2 Å². The van der Waals surface area contributed by atoms with Crippen molar-refractivity contribution in [2.45, 2.75) is 38.1 Å². The fourth-order valence-electron chi connectivity index (χ4n) is 4.13. The highest BCUT2D eigenvalue weighted by molar-refractivity contribution is 9.10. The summed E-state index contributed by atoms with van der Waals surface area (Å²) < 4.78 is 19.1. The van der Waals surface area contributed by atoms with E-state index in [1.165, 1.54) is 16.7 Å². The van der Waals surface area contributed by atoms with Crippen molar-refractivity contribution in [2.75, 3.05) is 26.3 Å². The Morgan fingerprint density at radius 2 is 1.64 bits per heavy atom. The van der Waals surface area contributed by atoms with E-state index in [4.69, 9.17) is 14.2 Å². The SMILES string of the molecule is Brc1ccccc1COC1CNCCC1c1ccc(OCCCOCc2ccccc2)cc1. The van der Waals surface area contributed by atoms with Gasteiger partial charge in [0.15, 0.2) is 0 Å². The van der Waals surface area contributed by atoms with Gasteiger partial charge in [-0.2, -0.15) is 0 Å². The second-order valence-electron chi connectivity index (χ2n) is 8.35. The molecule has 5 heteroatoms. The second kappa shape index (κ2) is 12.9. The normalized spacial score (nSPS) is 18.2. The summed E-state index contributed by atoms with van der Waals surface area (Å²) in [6.45, 7) is 4.49. The molecule has 3 aromatic rings. The minimum absolute atomic E-state index is 0.152. The Labute approximate surface area is 205 Å². The van der Waals surface area contributed by atoms with Crippen molar-refractivity contribution in [1.29, 1.82) is 0 Å². The third-order valence-electron chi connectivity index (χ3n) is 5.96. The van der Waals surface area contributed by atoms with Crippen LogP contribution in [0, 0.1) is 0 Å². The first-order chi connectivity index (χ1) is 16.3. The molecule has 0 aliphatic carbocycles. The van der Waals surface area contributed by atoms with Gasteiger partial charge in [0.25, 0.3) is 0 Å². The lowest BCUT2D eigenvalue weighted by molar-refractivity contribution is 0.0103. The van der Waals surface area contributed by atoms with Gasteiger partial charge >= 0.3 is 0 Å². The first-order valence-electron chi connectivity index (χ1n) is 11.7. The van der Waals surface area contributed by atoms with E-state index in [9.17, 15) is 0 Å². The van der Waals surface area contributed by atoms with Gasteiger partial charge in [0, 0.05) is 23.4 Å². The van der Waals surface area contributed by atoms with Gasteiger partial charge in [-0.05, 0) is 47.9 Å². The molecule has 0 saturated carbocycles. The van der Waals surface area contributed by atoms with E-state index in [1.54, 1.807) is 0 Å². The average Bonchev–Trinajstić information content (AvgIpc) is 2.87. The van der Waals surface area contributed by atoms with Gasteiger partial charge in [-0.15, -0.1) is 0 Å². The standard InChI is InChI=1S/C28H32BrNO3/c29-27-10-5-4-9-24(27)21-33-28-19-30-16-15-26(28)23-11-13-25(14-12-23)32-18-6-17-31-20-22-7-2-1-3-8-22/h1-5,7-14,26,28,30H,6,15-21H2. The van der Waals surface area contributed by atoms with Crippen LogP contribution in [-0.2, 0) is 22.7 Å². The Bertz CT molecular complexity index is 964. The first-order valence-corrected chi connectivity index (χ1v) is 12.5. The zero-order chi connectivity index (χ0) is 22.7. The Balaban J connectivity index is 1.22. The lowest BCUT2D eigenvalue weighted by atomic mass is 9.87. The number of halogens is 1. The molecule has 3 aromatic carbocycles. The first kappa shape index (κ1) is 24.0. The lowest BCUT2D eigenvalue weighted by Crippen LogP contribution is -2.40. The topological polar surface area (TPSA) is 39.7 Å². The molecular formula is C28H32BrNO3. The van der Waals surface area contributed by atoms with Gasteiger partial charge in [0.2, 0.25) is 0 Å². The molecule has 0 radical (unpaired) electrons. The molecular weight excluding hydrogens is 478 g/mol. The number of nitrogens with one attached hydrogen (secondary N) is 1. The van der Waals surface area contributed by atoms with Gasteiger partial charge < -0.3 is 19.5 Å². The van der Waals surface area contributed by atoms with Crippen LogP contribution in [0.2, 0.25) is 0 Å². The summed E-state index contributed by atoms with van der Waals surface area (Å²) in [4.78, 5) is 0. The van der Waals surface area contributed by atoms with Crippen LogP contribution in [0.5, 0.6) is 5.75 Å². The maximum Gasteiger partial charge on any atom is 0.119 e. The summed E-state index contributed by atoms with van der Waals surface area (Å²) in [6, 6.07) is 27.0. The quantitative estimate of drug-likeness (QED) is 0.317. The van der Waals surface area contributed by atoms with Crippen LogP contribution in [0.25, 0.3) is 0 Å². The number of rotatable bonds is 11. The van der Waals surface area contributed by atoms with Crippen molar-refractivity contribution in [1.82, 2.24) is 5.32 Å². The van der Waals surface area contributed by atoms with E-state index in [0.717, 1.165) is 36.2 Å². The molecule has 0 bridgehead atoms. The molecule has 0 aromatic heterocycles. The van der Waals surface area contributed by atoms with E-state index in [0.29, 0.717) is 32.3 Å². The van der Waals surface area contributed by atoms with Crippen LogP contribution in [0.1, 0.15) is 35.4 Å². The van der Waals surface area contributed by atoms with E-state index >= 15 is 0 Å². The third kappa shape index (κ3) is 7.41. The summed E-state index contributed by atoms with van der Waals surface area (Å²) in [6.07, 6.45) is 2.09. The molecule has 1 fully saturated rings. The van der Waals surface area contributed by atoms with E-state index in [-0.39, 0.29) is 6.10 Å². The van der Waals surface area contributed by atoms with Crippen LogP contribution in [-0.4, -0.2) is 32.4 Å². The van der Waals surface area contributed by atoms with E-state index in [2.05, 4.69) is 69.8 Å². The molecule has 1 aliphatic heterocycles. The van der Waals surface area contributed by atoms with Crippen LogP contribution in [0.3, 0.4) is 0 Å². The molecule has 2 atom stereocenters. The maximum atomic E-state index is 6.34. The summed E-state index contributed by atoms with van der Waals surface area (Å²) in [5.41, 5.74) is 3.69. The van der Waals surface area contributed by atoms with Crippen LogP contribution in [0.4, 0.5) is 0 Å². The van der Waals surface area contributed by atoms with Gasteiger partial charge in [0.05, 0.1) is 32.5 Å². The van der Waals surface area contributed by atoms with Crippen LogP contribution < -0.4 is 10.1 Å². The summed E-state index contributed by atoms with van der Waals surface area (Å²) in [5.74, 6) is 1.29. The smallest absolute Gasteiger partial charge is 0.119 e. The molecule has 1 aliphatic rings. The fraction of sp³-hybridized carbons (Fsp3) is 0.357. The average molecular weight is 510 g/mol. The predicted molar refractivity (Wildman–Crippen MR) is 136 cm³/mol. The van der Waals surface area contributed by atoms with Gasteiger partial charge in [-0.3, -0.25) is 0 Å². The molecule has 1 heterocycles. The van der Waals surface area contributed by atoms with Gasteiger partial charge in [0.1, 0.15) is 5.75 Å². The van der Waals surface area contributed by atoms with Crippen molar-refractivity contribution in [3.63, 3.8) is 0 Å². The predicted octanol–water partition coefficient (Wildman–Crippen LogP) is 6.10. The largest absolute Gasteiger partial charge is 0.494 e. The third-order valence-corrected chi connectivity index (χ3v) is 6.73. The zero-order valence-corrected chi connectivity index (χ0v) is 20.5. The van der Waals surface area contributed by atoms with Crippen molar-refractivity contribution in [2.24, 2.45) is 0 Å². The number of ether oxygens (including phenoxy) is 3. The molecule has 2 unspecified atom stereocenters. The minimum atomic E-state index is 0.152. The van der Waals surface area contributed by atoms with Crippen LogP contribution in [0.15, 0.2) is 83.3 Å². The van der Waals surface area contributed by atoms with Gasteiger partial charge in [-0.1, -0.05) is 76.6 Å². The van der Waals surface area contributed by atoms with Crippen molar-refractivity contribution in [3.05, 3.63) is 100 Å². The summed E-state index contributed by atoms with van der Waals surface area (Å²) in [5, 5.41) is 3.48. The highest BCUT2D eigenvalue weighted by atomic mass is 79.9. The highest BCUT2D eigenvalue weighted by Gasteiger charge is 2.27. The number of hydrogen-bond donors (Lipinski definition) is 1. The van der Waals surface area contributed by atoms with E-state index < -0.39 is 0 Å². The molecule has 4 rings (SSSR count). The molecule has 1 saturated heterocycles. The zero-order valence-electron chi connectivity index (χ0n) is 18.9. The number of hydrogen-bond acceptors (Lipinski definition) is 4. The Morgan fingerprint density at radius 1 is 0.848 bits per heavy atom. The molecule has 0 spiro atoms. The van der Waals surface area contributed by atoms with E-state index in [1.807, 2.05) is 30.3 Å². The molecule has 174 valence electrons. The van der Waals surface area contributed by atoms with Crippen molar-refractivity contribution in [3.8, 4) is 5.75 Å². The van der Waals surface area contributed by atoms with Crippen molar-refractivity contribution >= 4 is 15.9 Å². The second-order valence-corrected chi connectivity index (χ2v) is 9.20. The lowest BCUT2D eigenvalue weighted by Gasteiger charge is -2.32. The summed E-state index contributed by atoms with van der Waals surface area (Å²) >= 11 is 3.62. The number of benzene rings is 3. The Morgan fingerprint density at radius 3 is 2.45 bits per heavy atom. The maximum absolute atomic E-state index is 6.34. The number of piperidine rings is 1. The monoisotopic (exact) mass is 509 g/mol. The molecule has 33 heavy (non-hydrogen) atoms. The highest BCUT2D eigenvalue weighted by Crippen LogP contribution is 2.30. The Kier molecular flexibility index (Phi) is 9.37. The Hall–Kier alpha value is -2.18. The summed E-state index contributed by atoms with van der Waals surface area (Å²) in [7, 11) is 0. The molecule has 4 nitrogen and oxygen atoms in total.